The van der Waals surface area contributed by atoms with Crippen LogP contribution in [0.3, 0.4) is 0 Å². The van der Waals surface area contributed by atoms with Gasteiger partial charge in [0.1, 0.15) is 5.82 Å². The molecule has 0 saturated heterocycles. The van der Waals surface area contributed by atoms with Crippen LogP contribution in [0.25, 0.3) is 10.9 Å². The number of nitrogens with zero attached hydrogens (tertiary/aromatic N) is 2. The number of carbonyl (C=O) groups is 1. The molecule has 0 spiro atoms. The second-order valence-corrected chi connectivity index (χ2v) is 4.55. The highest BCUT2D eigenvalue weighted by atomic mass is 16.3. The first kappa shape index (κ1) is 14.3. The molecule has 0 aliphatic heterocycles. The van der Waals surface area contributed by atoms with Gasteiger partial charge in [-0.1, -0.05) is 18.2 Å². The maximum absolute atomic E-state index is 12.5. The molecule has 0 atom stereocenters. The molecule has 2 N–H and O–H groups in total. The molecular formula is C15H19N3O2. The Bertz CT molecular complexity index is 613. The third-order valence-electron chi connectivity index (χ3n) is 3.09. The Morgan fingerprint density at radius 3 is 2.85 bits per heavy atom. The number of hydrogen-bond donors (Lipinski definition) is 2. The van der Waals surface area contributed by atoms with Crippen molar-refractivity contribution in [3.63, 3.8) is 0 Å². The van der Waals surface area contributed by atoms with Crippen LogP contribution in [0, 0.1) is 0 Å². The Hall–Kier alpha value is -2.14. The summed E-state index contributed by atoms with van der Waals surface area (Å²) in [4.78, 5) is 18.5. The highest BCUT2D eigenvalue weighted by Crippen LogP contribution is 2.21. The van der Waals surface area contributed by atoms with Crippen molar-refractivity contribution in [3.8, 4) is 0 Å². The maximum atomic E-state index is 12.5. The van der Waals surface area contributed by atoms with Crippen LogP contribution in [0.2, 0.25) is 0 Å². The Morgan fingerprint density at radius 2 is 2.15 bits per heavy atom. The molecule has 106 valence electrons. The van der Waals surface area contributed by atoms with E-state index in [9.17, 15) is 4.79 Å². The average molecular weight is 273 g/mol. The van der Waals surface area contributed by atoms with E-state index in [4.69, 9.17) is 5.11 Å². The first-order valence-electron chi connectivity index (χ1n) is 6.67. The number of aromatic nitrogens is 1. The minimum atomic E-state index is -0.114. The molecule has 2 aromatic rings. The number of aliphatic hydroxyl groups is 1. The van der Waals surface area contributed by atoms with E-state index < -0.39 is 0 Å². The highest BCUT2D eigenvalue weighted by molar-refractivity contribution is 6.06. The van der Waals surface area contributed by atoms with E-state index in [2.05, 4.69) is 10.3 Å². The van der Waals surface area contributed by atoms with Crippen molar-refractivity contribution in [2.75, 3.05) is 32.1 Å². The topological polar surface area (TPSA) is 65.5 Å². The number of pyridine rings is 1. The maximum Gasteiger partial charge on any atom is 0.254 e. The first-order valence-corrected chi connectivity index (χ1v) is 6.67. The minimum absolute atomic E-state index is 0.0503. The molecule has 1 heterocycles. The molecule has 0 radical (unpaired) electrons. The number of carbonyl (C=O) groups excluding carboxylic acids is 1. The zero-order valence-corrected chi connectivity index (χ0v) is 11.8. The fourth-order valence-electron chi connectivity index (χ4n) is 2.08. The summed E-state index contributed by atoms with van der Waals surface area (Å²) < 4.78 is 0. The predicted octanol–water partition coefficient (Wildman–Crippen LogP) is 1.73. The van der Waals surface area contributed by atoms with Crippen LogP contribution in [0.4, 0.5) is 5.82 Å². The molecule has 1 aromatic carbocycles. The predicted molar refractivity (Wildman–Crippen MR) is 80.0 cm³/mol. The number of anilines is 1. The lowest BCUT2D eigenvalue weighted by molar-refractivity contribution is 0.0769. The van der Waals surface area contributed by atoms with Crippen LogP contribution in [0.1, 0.15) is 17.3 Å². The lowest BCUT2D eigenvalue weighted by atomic mass is 10.1. The van der Waals surface area contributed by atoms with Crippen LogP contribution in [0.15, 0.2) is 30.3 Å². The quantitative estimate of drug-likeness (QED) is 0.870. The van der Waals surface area contributed by atoms with E-state index in [1.165, 1.54) is 4.90 Å². The summed E-state index contributed by atoms with van der Waals surface area (Å²) in [7, 11) is 1.68. The summed E-state index contributed by atoms with van der Waals surface area (Å²) in [6, 6.07) is 9.33. The summed E-state index contributed by atoms with van der Waals surface area (Å²) in [6.45, 7) is 2.99. The van der Waals surface area contributed by atoms with Crippen LogP contribution in [-0.4, -0.2) is 47.6 Å². The van der Waals surface area contributed by atoms with E-state index in [1.54, 1.807) is 13.1 Å². The van der Waals surface area contributed by atoms with E-state index >= 15 is 0 Å². The van der Waals surface area contributed by atoms with Crippen molar-refractivity contribution in [2.45, 2.75) is 6.92 Å². The van der Waals surface area contributed by atoms with Crippen molar-refractivity contribution >= 4 is 22.6 Å². The second-order valence-electron chi connectivity index (χ2n) is 4.55. The number of para-hydroxylation sites is 1. The van der Waals surface area contributed by atoms with Crippen molar-refractivity contribution in [3.05, 3.63) is 35.9 Å². The SMILES string of the molecule is CCNc1cc(C(=O)N(C)CCO)c2ccccc2n1. The van der Waals surface area contributed by atoms with E-state index in [1.807, 2.05) is 31.2 Å². The minimum Gasteiger partial charge on any atom is -0.395 e. The average Bonchev–Trinajstić information content (AvgIpc) is 2.46. The normalized spacial score (nSPS) is 10.6. The number of rotatable bonds is 5. The summed E-state index contributed by atoms with van der Waals surface area (Å²) in [5.41, 5.74) is 1.38. The highest BCUT2D eigenvalue weighted by Gasteiger charge is 2.16. The fourth-order valence-corrected chi connectivity index (χ4v) is 2.08. The molecule has 1 amide bonds. The molecule has 0 aliphatic carbocycles. The van der Waals surface area contributed by atoms with Crippen molar-refractivity contribution in [1.29, 1.82) is 0 Å². The fraction of sp³-hybridized carbons (Fsp3) is 0.333. The van der Waals surface area contributed by atoms with Gasteiger partial charge in [-0.25, -0.2) is 4.98 Å². The lowest BCUT2D eigenvalue weighted by Crippen LogP contribution is -2.29. The number of fused-ring (bicyclic) bond motifs is 1. The van der Waals surface area contributed by atoms with Crippen LogP contribution < -0.4 is 5.32 Å². The van der Waals surface area contributed by atoms with Crippen LogP contribution in [-0.2, 0) is 0 Å². The van der Waals surface area contributed by atoms with Gasteiger partial charge in [0.2, 0.25) is 0 Å². The summed E-state index contributed by atoms with van der Waals surface area (Å²) in [5, 5.41) is 12.9. The van der Waals surface area contributed by atoms with Gasteiger partial charge in [-0.2, -0.15) is 0 Å². The van der Waals surface area contributed by atoms with Crippen LogP contribution >= 0.6 is 0 Å². The van der Waals surface area contributed by atoms with Crippen molar-refractivity contribution in [1.82, 2.24) is 9.88 Å². The van der Waals surface area contributed by atoms with Gasteiger partial charge in [0.05, 0.1) is 17.7 Å². The van der Waals surface area contributed by atoms with E-state index in [0.717, 1.165) is 17.4 Å². The van der Waals surface area contributed by atoms with Crippen LogP contribution in [0.5, 0.6) is 0 Å². The summed E-state index contributed by atoms with van der Waals surface area (Å²) >= 11 is 0. The van der Waals surface area contributed by atoms with Gasteiger partial charge in [-0.05, 0) is 19.1 Å². The molecule has 0 saturated carbocycles. The van der Waals surface area contributed by atoms with Gasteiger partial charge in [0.25, 0.3) is 5.91 Å². The number of aliphatic hydroxyl groups excluding tert-OH is 1. The monoisotopic (exact) mass is 273 g/mol. The Morgan fingerprint density at radius 1 is 1.40 bits per heavy atom. The van der Waals surface area contributed by atoms with Crippen molar-refractivity contribution in [2.24, 2.45) is 0 Å². The number of nitrogens with one attached hydrogen (secondary N) is 1. The molecule has 0 fully saturated rings. The smallest absolute Gasteiger partial charge is 0.254 e. The molecule has 0 aliphatic rings. The number of benzene rings is 1. The lowest BCUT2D eigenvalue weighted by Gasteiger charge is -2.17. The molecule has 2 rings (SSSR count). The zero-order chi connectivity index (χ0) is 14.5. The Labute approximate surface area is 118 Å². The number of likely N-dealkylation sites (N-methyl/N-ethyl adjacent to an activating group) is 1. The Balaban J connectivity index is 2.51. The largest absolute Gasteiger partial charge is 0.395 e. The third kappa shape index (κ3) is 2.88. The zero-order valence-electron chi connectivity index (χ0n) is 11.8. The molecule has 5 heteroatoms. The number of amides is 1. The van der Waals surface area contributed by atoms with Gasteiger partial charge in [0, 0.05) is 25.5 Å². The molecule has 1 aromatic heterocycles. The molecule has 20 heavy (non-hydrogen) atoms. The van der Waals surface area contributed by atoms with E-state index in [-0.39, 0.29) is 12.5 Å². The molecular weight excluding hydrogens is 254 g/mol. The van der Waals surface area contributed by atoms with Gasteiger partial charge >= 0.3 is 0 Å². The first-order chi connectivity index (χ1) is 9.67. The van der Waals surface area contributed by atoms with E-state index in [0.29, 0.717) is 17.9 Å². The molecule has 0 unspecified atom stereocenters. The van der Waals surface area contributed by atoms with Crippen molar-refractivity contribution < 1.29 is 9.90 Å². The summed E-state index contributed by atoms with van der Waals surface area (Å²) in [5.74, 6) is 0.573. The Kier molecular flexibility index (Phi) is 4.53. The third-order valence-corrected chi connectivity index (χ3v) is 3.09. The summed E-state index contributed by atoms with van der Waals surface area (Å²) in [6.07, 6.45) is 0. The standard InChI is InChI=1S/C15H19N3O2/c1-3-16-14-10-12(15(20)18(2)8-9-19)11-6-4-5-7-13(11)17-14/h4-7,10,19H,3,8-9H2,1-2H3,(H,16,17). The number of hydrogen-bond acceptors (Lipinski definition) is 4. The van der Waals surface area contributed by atoms with Gasteiger partial charge in [-0.15, -0.1) is 0 Å². The second kappa shape index (κ2) is 6.34. The van der Waals surface area contributed by atoms with Gasteiger partial charge in [0.15, 0.2) is 0 Å². The van der Waals surface area contributed by atoms with Gasteiger partial charge in [-0.3, -0.25) is 4.79 Å². The van der Waals surface area contributed by atoms with Gasteiger partial charge < -0.3 is 15.3 Å². The molecule has 0 bridgehead atoms. The molecule has 5 nitrogen and oxygen atoms in total.